The third kappa shape index (κ3) is 2.27. The lowest BCUT2D eigenvalue weighted by Gasteiger charge is -2.18. The molecule has 19 heavy (non-hydrogen) atoms. The van der Waals surface area contributed by atoms with Gasteiger partial charge in [0, 0.05) is 35.8 Å². The Bertz CT molecular complexity index is 584. The highest BCUT2D eigenvalue weighted by Gasteiger charge is 2.28. The number of rotatable bonds is 3. The first kappa shape index (κ1) is 12.3. The second-order valence-corrected chi connectivity index (χ2v) is 5.76. The van der Waals surface area contributed by atoms with Crippen LogP contribution in [0.4, 0.5) is 0 Å². The first-order chi connectivity index (χ1) is 9.18. The maximum absolute atomic E-state index is 4.74. The zero-order chi connectivity index (χ0) is 13.4. The number of nitrogens with zero attached hydrogens (tertiary/aromatic N) is 2. The lowest BCUT2D eigenvalue weighted by Crippen LogP contribution is -2.03. The maximum atomic E-state index is 4.74. The molecule has 2 heteroatoms. The number of hydrogen-bond acceptors (Lipinski definition) is 2. The van der Waals surface area contributed by atoms with Crippen molar-refractivity contribution in [2.45, 2.75) is 45.4 Å². The van der Waals surface area contributed by atoms with Crippen LogP contribution in [0.5, 0.6) is 0 Å². The molecule has 0 aliphatic heterocycles. The number of pyridine rings is 2. The summed E-state index contributed by atoms with van der Waals surface area (Å²) in [6, 6.07) is 4.14. The Morgan fingerprint density at radius 1 is 1.16 bits per heavy atom. The average Bonchev–Trinajstić information content (AvgIpc) is 3.23. The zero-order valence-electron chi connectivity index (χ0n) is 11.9. The SMILES string of the molecule is Cc1c(C2CC2)ncc(-c2ccncc2)c1C(C)C. The van der Waals surface area contributed by atoms with E-state index in [1.807, 2.05) is 12.4 Å². The van der Waals surface area contributed by atoms with Gasteiger partial charge in [-0.1, -0.05) is 13.8 Å². The molecule has 98 valence electrons. The van der Waals surface area contributed by atoms with E-state index in [9.17, 15) is 0 Å². The van der Waals surface area contributed by atoms with Gasteiger partial charge in [0.15, 0.2) is 0 Å². The van der Waals surface area contributed by atoms with Gasteiger partial charge in [-0.2, -0.15) is 0 Å². The second kappa shape index (κ2) is 4.76. The minimum atomic E-state index is 0.517. The van der Waals surface area contributed by atoms with Crippen LogP contribution in [-0.2, 0) is 0 Å². The molecule has 2 heterocycles. The lowest BCUT2D eigenvalue weighted by molar-refractivity contribution is 0.839. The van der Waals surface area contributed by atoms with E-state index in [4.69, 9.17) is 4.98 Å². The van der Waals surface area contributed by atoms with E-state index in [-0.39, 0.29) is 0 Å². The molecule has 1 aliphatic rings. The van der Waals surface area contributed by atoms with Gasteiger partial charge in [-0.25, -0.2) is 0 Å². The molecule has 3 rings (SSSR count). The van der Waals surface area contributed by atoms with E-state index >= 15 is 0 Å². The third-order valence-corrected chi connectivity index (χ3v) is 3.94. The highest BCUT2D eigenvalue weighted by Crippen LogP contribution is 2.43. The zero-order valence-corrected chi connectivity index (χ0v) is 11.9. The average molecular weight is 252 g/mol. The van der Waals surface area contributed by atoms with Crippen molar-refractivity contribution >= 4 is 0 Å². The molecule has 0 bridgehead atoms. The van der Waals surface area contributed by atoms with Gasteiger partial charge in [0.25, 0.3) is 0 Å². The summed E-state index contributed by atoms with van der Waals surface area (Å²) in [5.74, 6) is 1.23. The Balaban J connectivity index is 2.17. The summed E-state index contributed by atoms with van der Waals surface area (Å²) in [5, 5.41) is 0. The highest BCUT2D eigenvalue weighted by molar-refractivity contribution is 5.68. The van der Waals surface area contributed by atoms with E-state index in [1.54, 1.807) is 0 Å². The van der Waals surface area contributed by atoms with Gasteiger partial charge in [0.1, 0.15) is 0 Å². The van der Waals surface area contributed by atoms with Crippen LogP contribution in [0.25, 0.3) is 11.1 Å². The van der Waals surface area contributed by atoms with E-state index in [0.29, 0.717) is 11.8 Å². The van der Waals surface area contributed by atoms with Crippen molar-refractivity contribution in [2.24, 2.45) is 0 Å². The Morgan fingerprint density at radius 2 is 1.84 bits per heavy atom. The van der Waals surface area contributed by atoms with Crippen molar-refractivity contribution in [2.75, 3.05) is 0 Å². The summed E-state index contributed by atoms with van der Waals surface area (Å²) in [6.07, 6.45) is 8.37. The molecule has 0 aromatic carbocycles. The van der Waals surface area contributed by atoms with Crippen molar-refractivity contribution in [1.82, 2.24) is 9.97 Å². The molecule has 1 aliphatic carbocycles. The topological polar surface area (TPSA) is 25.8 Å². The van der Waals surface area contributed by atoms with E-state index in [1.165, 1.54) is 40.8 Å². The smallest absolute Gasteiger partial charge is 0.0466 e. The Hall–Kier alpha value is -1.70. The van der Waals surface area contributed by atoms with Crippen LogP contribution in [-0.4, -0.2) is 9.97 Å². The van der Waals surface area contributed by atoms with Gasteiger partial charge in [0.2, 0.25) is 0 Å². The summed E-state index contributed by atoms with van der Waals surface area (Å²) in [5.41, 5.74) is 6.65. The van der Waals surface area contributed by atoms with Gasteiger partial charge in [-0.05, 0) is 54.5 Å². The van der Waals surface area contributed by atoms with Gasteiger partial charge in [-0.3, -0.25) is 9.97 Å². The molecule has 0 spiro atoms. The summed E-state index contributed by atoms with van der Waals surface area (Å²) < 4.78 is 0. The predicted molar refractivity (Wildman–Crippen MR) is 78.3 cm³/mol. The predicted octanol–water partition coefficient (Wildman–Crippen LogP) is 4.45. The van der Waals surface area contributed by atoms with Gasteiger partial charge < -0.3 is 0 Å². The van der Waals surface area contributed by atoms with Crippen LogP contribution in [0, 0.1) is 6.92 Å². The molecule has 0 saturated heterocycles. The van der Waals surface area contributed by atoms with Crippen LogP contribution in [0.1, 0.15) is 55.3 Å². The third-order valence-electron chi connectivity index (χ3n) is 3.94. The summed E-state index contributed by atoms with van der Waals surface area (Å²) in [6.45, 7) is 6.77. The normalized spacial score (nSPS) is 14.9. The van der Waals surface area contributed by atoms with Crippen LogP contribution < -0.4 is 0 Å². The summed E-state index contributed by atoms with van der Waals surface area (Å²) in [4.78, 5) is 8.84. The largest absolute Gasteiger partial charge is 0.265 e. The van der Waals surface area contributed by atoms with Crippen molar-refractivity contribution < 1.29 is 0 Å². The molecular formula is C17H20N2. The minimum Gasteiger partial charge on any atom is -0.265 e. The van der Waals surface area contributed by atoms with Gasteiger partial charge in [0.05, 0.1) is 0 Å². The second-order valence-electron chi connectivity index (χ2n) is 5.76. The monoisotopic (exact) mass is 252 g/mol. The first-order valence-electron chi connectivity index (χ1n) is 7.08. The molecule has 2 nitrogen and oxygen atoms in total. The standard InChI is InChI=1S/C17H20N2/c1-11(2)16-12(3)17(14-4-5-14)19-10-15(16)13-6-8-18-9-7-13/h6-11,14H,4-5H2,1-3H3. The number of aromatic nitrogens is 2. The molecule has 0 unspecified atom stereocenters. The molecule has 1 fully saturated rings. The summed E-state index contributed by atoms with van der Waals surface area (Å²) in [7, 11) is 0. The van der Waals surface area contributed by atoms with Crippen molar-refractivity contribution in [1.29, 1.82) is 0 Å². The Labute approximate surface area is 114 Å². The van der Waals surface area contributed by atoms with Crippen LogP contribution in [0.2, 0.25) is 0 Å². The van der Waals surface area contributed by atoms with Crippen molar-refractivity contribution in [3.05, 3.63) is 47.5 Å². The molecule has 0 radical (unpaired) electrons. The van der Waals surface area contributed by atoms with Crippen LogP contribution in [0.15, 0.2) is 30.7 Å². The van der Waals surface area contributed by atoms with Crippen molar-refractivity contribution in [3.63, 3.8) is 0 Å². The molecule has 0 atom stereocenters. The Kier molecular flexibility index (Phi) is 3.09. The molecule has 0 amide bonds. The van der Waals surface area contributed by atoms with Gasteiger partial charge in [-0.15, -0.1) is 0 Å². The molecule has 2 aromatic heterocycles. The first-order valence-corrected chi connectivity index (χ1v) is 7.08. The maximum Gasteiger partial charge on any atom is 0.0466 e. The van der Waals surface area contributed by atoms with Crippen LogP contribution in [0.3, 0.4) is 0 Å². The minimum absolute atomic E-state index is 0.517. The molecule has 2 aromatic rings. The molecule has 1 saturated carbocycles. The molecular weight excluding hydrogens is 232 g/mol. The fraction of sp³-hybridized carbons (Fsp3) is 0.412. The van der Waals surface area contributed by atoms with E-state index < -0.39 is 0 Å². The lowest BCUT2D eigenvalue weighted by atomic mass is 9.89. The highest BCUT2D eigenvalue weighted by atomic mass is 14.7. The van der Waals surface area contributed by atoms with Crippen LogP contribution >= 0.6 is 0 Å². The Morgan fingerprint density at radius 3 is 2.42 bits per heavy atom. The quantitative estimate of drug-likeness (QED) is 0.806. The summed E-state index contributed by atoms with van der Waals surface area (Å²) >= 11 is 0. The van der Waals surface area contributed by atoms with E-state index in [2.05, 4.69) is 44.1 Å². The molecule has 0 N–H and O–H groups in total. The fourth-order valence-corrected chi connectivity index (χ4v) is 2.91. The number of hydrogen-bond donors (Lipinski definition) is 0. The van der Waals surface area contributed by atoms with E-state index in [0.717, 1.165) is 0 Å². The van der Waals surface area contributed by atoms with Gasteiger partial charge >= 0.3 is 0 Å². The fourth-order valence-electron chi connectivity index (χ4n) is 2.91. The van der Waals surface area contributed by atoms with Crippen molar-refractivity contribution in [3.8, 4) is 11.1 Å².